The van der Waals surface area contributed by atoms with E-state index in [-0.39, 0.29) is 30.8 Å². The molecule has 1 heterocycles. The Kier molecular flexibility index (Phi) is 5.46. The maximum Gasteiger partial charge on any atom is 0.280 e. The predicted octanol–water partition coefficient (Wildman–Crippen LogP) is -0.889. The molecule has 1 atom stereocenters. The summed E-state index contributed by atoms with van der Waals surface area (Å²) in [5.41, 5.74) is 5.11. The minimum Gasteiger partial charge on any atom is -0.396 e. The van der Waals surface area contributed by atoms with Crippen LogP contribution >= 0.6 is 0 Å². The molecule has 8 heteroatoms. The van der Waals surface area contributed by atoms with Crippen LogP contribution in [0.15, 0.2) is 9.79 Å². The van der Waals surface area contributed by atoms with Crippen molar-refractivity contribution >= 4 is 24.2 Å². The fourth-order valence-electron chi connectivity index (χ4n) is 1.78. The topological polar surface area (TPSA) is 128 Å². The van der Waals surface area contributed by atoms with E-state index in [4.69, 9.17) is 10.8 Å². The molecule has 0 aliphatic heterocycles. The van der Waals surface area contributed by atoms with Crippen molar-refractivity contribution in [3.8, 4) is 0 Å². The highest BCUT2D eigenvalue weighted by Gasteiger charge is 2.17. The number of aliphatic hydroxyl groups is 2. The largest absolute Gasteiger partial charge is 0.396 e. The molecule has 0 amide bonds. The number of rotatable bonds is 7. The number of H-pyrrole nitrogens is 1. The highest BCUT2D eigenvalue weighted by atomic mass is 16.3. The molecule has 106 valence electrons. The third kappa shape index (κ3) is 3.76. The van der Waals surface area contributed by atoms with Gasteiger partial charge in [0.15, 0.2) is 11.5 Å². The van der Waals surface area contributed by atoms with Crippen molar-refractivity contribution in [2.45, 2.75) is 6.42 Å². The lowest BCUT2D eigenvalue weighted by Gasteiger charge is -2.24. The number of aliphatic imine (C=N–C) groups is 1. The summed E-state index contributed by atoms with van der Waals surface area (Å²) in [4.78, 5) is 23.3. The number of aromatic nitrogens is 2. The molecular weight excluding hydrogens is 250 g/mol. The van der Waals surface area contributed by atoms with Crippen LogP contribution < -0.4 is 16.2 Å². The number of aliphatic hydroxyl groups excluding tert-OH is 2. The Morgan fingerprint density at radius 3 is 2.79 bits per heavy atom. The summed E-state index contributed by atoms with van der Waals surface area (Å²) in [6.45, 7) is 3.66. The molecule has 0 saturated carbocycles. The van der Waals surface area contributed by atoms with Crippen molar-refractivity contribution in [2.24, 2.45) is 10.9 Å². The van der Waals surface area contributed by atoms with Gasteiger partial charge in [-0.05, 0) is 13.1 Å². The summed E-state index contributed by atoms with van der Waals surface area (Å²) >= 11 is 0. The second-order valence-electron chi connectivity index (χ2n) is 4.22. The highest BCUT2D eigenvalue weighted by Crippen LogP contribution is 2.22. The molecule has 1 aromatic rings. The van der Waals surface area contributed by atoms with Crippen LogP contribution in [0.3, 0.4) is 0 Å². The fraction of sp³-hybridized carbons (Fsp3) is 0.545. The van der Waals surface area contributed by atoms with E-state index in [1.807, 2.05) is 0 Å². The number of nitrogen functional groups attached to an aromatic ring is 1. The molecule has 1 rings (SSSR count). The van der Waals surface area contributed by atoms with Crippen molar-refractivity contribution in [3.63, 3.8) is 0 Å². The summed E-state index contributed by atoms with van der Waals surface area (Å²) in [7, 11) is 1.70. The van der Waals surface area contributed by atoms with Crippen LogP contribution in [0.1, 0.15) is 6.42 Å². The van der Waals surface area contributed by atoms with E-state index in [1.54, 1.807) is 11.9 Å². The van der Waals surface area contributed by atoms with Gasteiger partial charge in [0.2, 0.25) is 5.95 Å². The van der Waals surface area contributed by atoms with Crippen LogP contribution in [0.5, 0.6) is 0 Å². The van der Waals surface area contributed by atoms with Gasteiger partial charge in [-0.3, -0.25) is 14.8 Å². The van der Waals surface area contributed by atoms with Crippen molar-refractivity contribution in [1.82, 2.24) is 9.97 Å². The van der Waals surface area contributed by atoms with Gasteiger partial charge in [-0.15, -0.1) is 0 Å². The molecule has 0 unspecified atom stereocenters. The van der Waals surface area contributed by atoms with Crippen molar-refractivity contribution in [2.75, 3.05) is 37.4 Å². The number of nitrogens with two attached hydrogens (primary N) is 1. The van der Waals surface area contributed by atoms with Crippen LogP contribution in [0.4, 0.5) is 17.5 Å². The first-order valence-corrected chi connectivity index (χ1v) is 5.82. The summed E-state index contributed by atoms with van der Waals surface area (Å²) in [5, 5.41) is 18.1. The third-order valence-corrected chi connectivity index (χ3v) is 2.74. The van der Waals surface area contributed by atoms with Gasteiger partial charge < -0.3 is 20.8 Å². The molecule has 0 aliphatic carbocycles. The molecule has 8 nitrogen and oxygen atoms in total. The molecule has 19 heavy (non-hydrogen) atoms. The maximum absolute atomic E-state index is 11.7. The minimum absolute atomic E-state index is 0.0121. The van der Waals surface area contributed by atoms with Crippen LogP contribution in [0.2, 0.25) is 0 Å². The molecule has 0 saturated heterocycles. The number of nitrogens with one attached hydrogen (secondary N) is 1. The summed E-state index contributed by atoms with van der Waals surface area (Å²) in [5.74, 6) is 0.157. The second kappa shape index (κ2) is 6.86. The standard InChI is InChI=1S/C11H19N5O3/c1-13-8-9(14-11(12)15-10(8)19)16(2)5-7(6-18)3-4-17/h7,17-18H,1,3-6H2,2H3,(H3,12,14,15,19)/t7-/m1/s1. The van der Waals surface area contributed by atoms with E-state index in [0.29, 0.717) is 18.8 Å². The lowest BCUT2D eigenvalue weighted by molar-refractivity contribution is 0.186. The third-order valence-electron chi connectivity index (χ3n) is 2.74. The van der Waals surface area contributed by atoms with E-state index in [2.05, 4.69) is 21.7 Å². The molecule has 0 aliphatic rings. The number of anilines is 2. The predicted molar refractivity (Wildman–Crippen MR) is 74.0 cm³/mol. The Morgan fingerprint density at radius 2 is 2.26 bits per heavy atom. The minimum atomic E-state index is -0.466. The molecule has 0 radical (unpaired) electrons. The summed E-state index contributed by atoms with van der Waals surface area (Å²) in [6.07, 6.45) is 0.455. The molecule has 0 spiro atoms. The van der Waals surface area contributed by atoms with Crippen molar-refractivity contribution in [1.29, 1.82) is 0 Å². The number of hydrogen-bond acceptors (Lipinski definition) is 7. The lowest BCUT2D eigenvalue weighted by atomic mass is 10.1. The highest BCUT2D eigenvalue weighted by molar-refractivity contribution is 5.64. The van der Waals surface area contributed by atoms with Gasteiger partial charge in [0.25, 0.3) is 5.56 Å². The van der Waals surface area contributed by atoms with Gasteiger partial charge in [-0.1, -0.05) is 0 Å². The number of hydrogen-bond donors (Lipinski definition) is 4. The second-order valence-corrected chi connectivity index (χ2v) is 4.22. The van der Waals surface area contributed by atoms with E-state index < -0.39 is 5.56 Å². The Bertz CT molecular complexity index is 488. The fourth-order valence-corrected chi connectivity index (χ4v) is 1.78. The van der Waals surface area contributed by atoms with Gasteiger partial charge in [0.05, 0.1) is 0 Å². The molecular formula is C11H19N5O3. The quantitative estimate of drug-likeness (QED) is 0.475. The SMILES string of the molecule is C=Nc1c(N(C)C[C@H](CO)CCO)nc(N)[nH]c1=O. The smallest absolute Gasteiger partial charge is 0.280 e. The number of aromatic amines is 1. The van der Waals surface area contributed by atoms with Crippen molar-refractivity contribution < 1.29 is 10.2 Å². The lowest BCUT2D eigenvalue weighted by Crippen LogP contribution is -2.30. The zero-order valence-electron chi connectivity index (χ0n) is 10.8. The van der Waals surface area contributed by atoms with Gasteiger partial charge >= 0.3 is 0 Å². The van der Waals surface area contributed by atoms with Gasteiger partial charge in [-0.2, -0.15) is 4.98 Å². The monoisotopic (exact) mass is 269 g/mol. The van der Waals surface area contributed by atoms with Crippen LogP contribution in [0.25, 0.3) is 0 Å². The number of nitrogens with zero attached hydrogens (tertiary/aromatic N) is 3. The van der Waals surface area contributed by atoms with E-state index in [0.717, 1.165) is 0 Å². The van der Waals surface area contributed by atoms with Crippen LogP contribution in [-0.2, 0) is 0 Å². The first-order valence-electron chi connectivity index (χ1n) is 5.82. The molecule has 5 N–H and O–H groups in total. The normalized spacial score (nSPS) is 12.2. The van der Waals surface area contributed by atoms with Crippen molar-refractivity contribution in [3.05, 3.63) is 10.4 Å². The average Bonchev–Trinajstić information content (AvgIpc) is 2.37. The van der Waals surface area contributed by atoms with E-state index in [9.17, 15) is 9.90 Å². The van der Waals surface area contributed by atoms with Gasteiger partial charge in [0.1, 0.15) is 0 Å². The Balaban J connectivity index is 3.01. The Morgan fingerprint density at radius 1 is 1.58 bits per heavy atom. The maximum atomic E-state index is 11.7. The zero-order chi connectivity index (χ0) is 14.4. The molecule has 0 fully saturated rings. The Hall–Kier alpha value is -1.93. The molecule has 0 bridgehead atoms. The van der Waals surface area contributed by atoms with Crippen LogP contribution in [-0.4, -0.2) is 53.7 Å². The van der Waals surface area contributed by atoms with Gasteiger partial charge in [-0.25, -0.2) is 0 Å². The average molecular weight is 269 g/mol. The first kappa shape index (κ1) is 15.1. The molecule has 1 aromatic heterocycles. The van der Waals surface area contributed by atoms with Gasteiger partial charge in [0, 0.05) is 32.7 Å². The van der Waals surface area contributed by atoms with Crippen LogP contribution in [0, 0.1) is 5.92 Å². The molecule has 0 aromatic carbocycles. The van der Waals surface area contributed by atoms with E-state index in [1.165, 1.54) is 0 Å². The first-order chi connectivity index (χ1) is 9.03. The summed E-state index contributed by atoms with van der Waals surface area (Å²) < 4.78 is 0. The summed E-state index contributed by atoms with van der Waals surface area (Å²) in [6, 6.07) is 0. The van der Waals surface area contributed by atoms with E-state index >= 15 is 0 Å². The zero-order valence-corrected chi connectivity index (χ0v) is 10.8. The Labute approximate surface area is 110 Å².